The molecule has 64 valence electrons. The molecule has 1 N–H and O–H groups in total. The fourth-order valence-electron chi connectivity index (χ4n) is 1.71. The summed E-state index contributed by atoms with van der Waals surface area (Å²) in [5.74, 6) is 1.17. The zero-order chi connectivity index (χ0) is 8.43. The summed E-state index contributed by atoms with van der Waals surface area (Å²) in [5.41, 5.74) is 1.24. The van der Waals surface area contributed by atoms with E-state index in [0.29, 0.717) is 11.8 Å². The van der Waals surface area contributed by atoms with Crippen molar-refractivity contribution in [2.75, 3.05) is 0 Å². The van der Waals surface area contributed by atoms with E-state index in [1.807, 2.05) is 0 Å². The third kappa shape index (κ3) is 2.06. The van der Waals surface area contributed by atoms with E-state index in [9.17, 15) is 5.11 Å². The molecular formula is C10H18O. The molecule has 1 aliphatic rings. The fraction of sp³-hybridized carbons (Fsp3) is 0.800. The average molecular weight is 154 g/mol. The summed E-state index contributed by atoms with van der Waals surface area (Å²) < 4.78 is 0. The maximum atomic E-state index is 9.64. The predicted octanol–water partition coefficient (Wildman–Crippen LogP) is 2.36. The molecule has 0 aromatic heterocycles. The molecule has 0 bridgehead atoms. The molecule has 0 aromatic carbocycles. The van der Waals surface area contributed by atoms with Crippen molar-refractivity contribution in [1.29, 1.82) is 0 Å². The Morgan fingerprint density at radius 1 is 1.55 bits per heavy atom. The largest absolute Gasteiger partial charge is 0.389 e. The molecule has 0 aliphatic heterocycles. The minimum Gasteiger partial charge on any atom is -0.389 e. The fourth-order valence-corrected chi connectivity index (χ4v) is 1.71. The molecule has 0 radical (unpaired) electrons. The second kappa shape index (κ2) is 3.40. The van der Waals surface area contributed by atoms with Crippen LogP contribution >= 0.6 is 0 Å². The zero-order valence-electron chi connectivity index (χ0n) is 7.67. The first-order valence-corrected chi connectivity index (χ1v) is 4.49. The summed E-state index contributed by atoms with van der Waals surface area (Å²) >= 11 is 0. The summed E-state index contributed by atoms with van der Waals surface area (Å²) in [5, 5.41) is 9.64. The van der Waals surface area contributed by atoms with Gasteiger partial charge in [0.15, 0.2) is 0 Å². The molecule has 0 aromatic rings. The second-order valence-corrected chi connectivity index (χ2v) is 3.95. The van der Waals surface area contributed by atoms with Gasteiger partial charge in [-0.05, 0) is 30.3 Å². The van der Waals surface area contributed by atoms with Crippen LogP contribution in [-0.2, 0) is 0 Å². The van der Waals surface area contributed by atoms with Crippen molar-refractivity contribution in [1.82, 2.24) is 0 Å². The number of hydrogen-bond acceptors (Lipinski definition) is 1. The molecular weight excluding hydrogens is 136 g/mol. The van der Waals surface area contributed by atoms with Gasteiger partial charge in [-0.15, -0.1) is 0 Å². The highest BCUT2D eigenvalue weighted by atomic mass is 16.3. The lowest BCUT2D eigenvalue weighted by atomic mass is 9.84. The molecule has 1 nitrogen and oxygen atoms in total. The van der Waals surface area contributed by atoms with E-state index in [1.54, 1.807) is 0 Å². The van der Waals surface area contributed by atoms with Crippen LogP contribution in [0.2, 0.25) is 0 Å². The van der Waals surface area contributed by atoms with Crippen molar-refractivity contribution in [3.63, 3.8) is 0 Å². The Labute approximate surface area is 69.1 Å². The van der Waals surface area contributed by atoms with Gasteiger partial charge in [-0.2, -0.15) is 0 Å². The van der Waals surface area contributed by atoms with Gasteiger partial charge in [0, 0.05) is 0 Å². The van der Waals surface area contributed by atoms with Crippen molar-refractivity contribution in [3.05, 3.63) is 11.6 Å². The van der Waals surface area contributed by atoms with Crippen molar-refractivity contribution in [3.8, 4) is 0 Å². The lowest BCUT2D eigenvalue weighted by molar-refractivity contribution is 0.160. The second-order valence-electron chi connectivity index (χ2n) is 3.95. The maximum Gasteiger partial charge on any atom is 0.0755 e. The molecule has 0 unspecified atom stereocenters. The smallest absolute Gasteiger partial charge is 0.0755 e. The molecule has 1 rings (SSSR count). The van der Waals surface area contributed by atoms with Crippen LogP contribution in [-0.4, -0.2) is 11.2 Å². The van der Waals surface area contributed by atoms with Crippen LogP contribution in [0.1, 0.15) is 33.6 Å². The normalized spacial score (nSPS) is 32.3. The molecule has 1 heteroatoms. The monoisotopic (exact) mass is 154 g/mol. The molecule has 0 spiro atoms. The Kier molecular flexibility index (Phi) is 2.72. The summed E-state index contributed by atoms with van der Waals surface area (Å²) in [6, 6.07) is 0. The Bertz CT molecular complexity index is 158. The highest BCUT2D eigenvalue weighted by Crippen LogP contribution is 2.27. The van der Waals surface area contributed by atoms with Crippen LogP contribution in [0, 0.1) is 11.8 Å². The van der Waals surface area contributed by atoms with Crippen molar-refractivity contribution in [2.24, 2.45) is 11.8 Å². The maximum absolute atomic E-state index is 9.64. The van der Waals surface area contributed by atoms with E-state index >= 15 is 0 Å². The Morgan fingerprint density at radius 2 is 2.18 bits per heavy atom. The topological polar surface area (TPSA) is 20.2 Å². The first-order valence-electron chi connectivity index (χ1n) is 4.49. The van der Waals surface area contributed by atoms with Crippen molar-refractivity contribution in [2.45, 2.75) is 39.7 Å². The molecule has 2 atom stereocenters. The Balaban J connectivity index is 2.65. The van der Waals surface area contributed by atoms with Crippen LogP contribution in [0.4, 0.5) is 0 Å². The highest BCUT2D eigenvalue weighted by molar-refractivity contribution is 5.13. The van der Waals surface area contributed by atoms with E-state index in [2.05, 4.69) is 26.8 Å². The lowest BCUT2D eigenvalue weighted by Gasteiger charge is -2.26. The number of aliphatic hydroxyl groups excluding tert-OH is 1. The average Bonchev–Trinajstić information content (AvgIpc) is 1.85. The van der Waals surface area contributed by atoms with Gasteiger partial charge in [-0.25, -0.2) is 0 Å². The first kappa shape index (κ1) is 8.79. The molecule has 0 amide bonds. The van der Waals surface area contributed by atoms with E-state index < -0.39 is 0 Å². The molecule has 0 saturated carbocycles. The first-order chi connectivity index (χ1) is 5.11. The lowest BCUT2D eigenvalue weighted by Crippen LogP contribution is -2.21. The minimum absolute atomic E-state index is 0.168. The van der Waals surface area contributed by atoms with Gasteiger partial charge in [0.1, 0.15) is 0 Å². The molecule has 11 heavy (non-hydrogen) atoms. The predicted molar refractivity (Wildman–Crippen MR) is 47.3 cm³/mol. The van der Waals surface area contributed by atoms with Gasteiger partial charge >= 0.3 is 0 Å². The number of aliphatic hydroxyl groups is 1. The van der Waals surface area contributed by atoms with E-state index in [4.69, 9.17) is 0 Å². The van der Waals surface area contributed by atoms with Crippen LogP contribution in [0.15, 0.2) is 11.6 Å². The van der Waals surface area contributed by atoms with Gasteiger partial charge in [0.25, 0.3) is 0 Å². The minimum atomic E-state index is -0.168. The quantitative estimate of drug-likeness (QED) is 0.575. The van der Waals surface area contributed by atoms with Crippen molar-refractivity contribution < 1.29 is 5.11 Å². The summed E-state index contributed by atoms with van der Waals surface area (Å²) in [7, 11) is 0. The zero-order valence-corrected chi connectivity index (χ0v) is 7.67. The highest BCUT2D eigenvalue weighted by Gasteiger charge is 2.20. The van der Waals surface area contributed by atoms with Gasteiger partial charge < -0.3 is 5.11 Å². The van der Waals surface area contributed by atoms with Crippen LogP contribution in [0.5, 0.6) is 0 Å². The van der Waals surface area contributed by atoms with Crippen LogP contribution in [0.25, 0.3) is 0 Å². The SMILES string of the molecule is CC(C)C1=CC[C@@H](C)C[C@@H]1O. The van der Waals surface area contributed by atoms with Gasteiger partial charge in [0.05, 0.1) is 6.10 Å². The molecule has 1 aliphatic carbocycles. The third-order valence-corrected chi connectivity index (χ3v) is 2.43. The Morgan fingerprint density at radius 3 is 2.64 bits per heavy atom. The van der Waals surface area contributed by atoms with Gasteiger partial charge in [-0.3, -0.25) is 0 Å². The molecule has 0 heterocycles. The number of hydrogen-bond donors (Lipinski definition) is 1. The Hall–Kier alpha value is -0.300. The standard InChI is InChI=1S/C10H18O/c1-7(2)9-5-4-8(3)6-10(9)11/h5,7-8,10-11H,4,6H2,1-3H3/t8-,10+/m1/s1. The van der Waals surface area contributed by atoms with Crippen LogP contribution < -0.4 is 0 Å². The van der Waals surface area contributed by atoms with E-state index in [1.165, 1.54) is 5.57 Å². The number of rotatable bonds is 1. The van der Waals surface area contributed by atoms with Crippen molar-refractivity contribution >= 4 is 0 Å². The molecule has 0 saturated heterocycles. The summed E-state index contributed by atoms with van der Waals surface area (Å²) in [6.45, 7) is 6.48. The summed E-state index contributed by atoms with van der Waals surface area (Å²) in [4.78, 5) is 0. The van der Waals surface area contributed by atoms with Crippen LogP contribution in [0.3, 0.4) is 0 Å². The number of allylic oxidation sites excluding steroid dienone is 1. The summed E-state index contributed by atoms with van der Waals surface area (Å²) in [6.07, 6.45) is 4.14. The van der Waals surface area contributed by atoms with Gasteiger partial charge in [-0.1, -0.05) is 26.8 Å². The van der Waals surface area contributed by atoms with E-state index in [0.717, 1.165) is 12.8 Å². The van der Waals surface area contributed by atoms with Gasteiger partial charge in [0.2, 0.25) is 0 Å². The molecule has 0 fully saturated rings. The third-order valence-electron chi connectivity index (χ3n) is 2.43. The van der Waals surface area contributed by atoms with E-state index in [-0.39, 0.29) is 6.10 Å².